The van der Waals surface area contributed by atoms with Crippen molar-refractivity contribution < 1.29 is 14.4 Å². The summed E-state index contributed by atoms with van der Waals surface area (Å²) in [6, 6.07) is 5.61. The van der Waals surface area contributed by atoms with Crippen molar-refractivity contribution in [2.45, 2.75) is 33.6 Å². The summed E-state index contributed by atoms with van der Waals surface area (Å²) >= 11 is 5.67. The molecule has 0 atom stereocenters. The van der Waals surface area contributed by atoms with Crippen LogP contribution in [0.5, 0.6) is 5.75 Å². The number of aromatic nitrogens is 4. The lowest BCUT2D eigenvalue weighted by Gasteiger charge is -2.15. The number of carbonyl (C=O) groups excluding carboxylic acids is 1. The van der Waals surface area contributed by atoms with Crippen molar-refractivity contribution in [3.05, 3.63) is 36.9 Å². The highest BCUT2D eigenvalue weighted by atomic mass is 35.5. The van der Waals surface area contributed by atoms with Gasteiger partial charge in [-0.15, -0.1) is 16.7 Å². The Bertz CT molecular complexity index is 984. The lowest BCUT2D eigenvalue weighted by Crippen LogP contribution is -2.24. The van der Waals surface area contributed by atoms with E-state index in [1.54, 1.807) is 12.4 Å². The molecule has 1 aromatic carbocycles. The molecule has 8 nitrogen and oxygen atoms in total. The van der Waals surface area contributed by atoms with Crippen LogP contribution >= 0.6 is 11.6 Å². The van der Waals surface area contributed by atoms with Gasteiger partial charge in [-0.3, -0.25) is 0 Å². The van der Waals surface area contributed by atoms with E-state index in [4.69, 9.17) is 21.2 Å². The summed E-state index contributed by atoms with van der Waals surface area (Å²) in [5.41, 5.74) is 1.23. The summed E-state index contributed by atoms with van der Waals surface area (Å²) in [6.45, 7) is 6.47. The van der Waals surface area contributed by atoms with Crippen LogP contribution in [0.25, 0.3) is 10.9 Å². The maximum Gasteiger partial charge on any atom is 0.335 e. The molecular formula is C20H24ClN5O3. The first-order valence-electron chi connectivity index (χ1n) is 9.30. The number of rotatable bonds is 8. The molecule has 0 spiro atoms. The minimum Gasteiger partial charge on any atom is -0.493 e. The average Bonchev–Trinajstić information content (AvgIpc) is 3.07. The standard InChI is InChI=1S/C20H24ClN5O3/c1-20(2,3)10-18(27)29-26-12-14(11-24-26)25-19-16-6-5-15(28-8-4-7-21)9-17(16)22-13-23-19/h5-6,9,11-13H,4,7-8,10H2,1-3H3,(H,22,23,25). The number of carbonyl (C=O) groups is 1. The van der Waals surface area contributed by atoms with Crippen molar-refractivity contribution in [3.8, 4) is 5.75 Å². The zero-order valence-corrected chi connectivity index (χ0v) is 17.4. The predicted molar refractivity (Wildman–Crippen MR) is 112 cm³/mol. The van der Waals surface area contributed by atoms with E-state index in [-0.39, 0.29) is 11.4 Å². The molecule has 0 fully saturated rings. The molecule has 0 aliphatic heterocycles. The van der Waals surface area contributed by atoms with Crippen LogP contribution in [0, 0.1) is 5.41 Å². The summed E-state index contributed by atoms with van der Waals surface area (Å²) in [5, 5.41) is 8.06. The lowest BCUT2D eigenvalue weighted by molar-refractivity contribution is -0.147. The van der Waals surface area contributed by atoms with Crippen molar-refractivity contribution in [2.75, 3.05) is 17.8 Å². The Kier molecular flexibility index (Phi) is 6.53. The zero-order chi connectivity index (χ0) is 20.9. The first-order chi connectivity index (χ1) is 13.8. The molecule has 0 amide bonds. The van der Waals surface area contributed by atoms with Gasteiger partial charge in [0, 0.05) is 17.3 Å². The molecule has 9 heteroatoms. The average molecular weight is 418 g/mol. The maximum atomic E-state index is 12.0. The van der Waals surface area contributed by atoms with Crippen LogP contribution in [-0.4, -0.2) is 38.4 Å². The van der Waals surface area contributed by atoms with Gasteiger partial charge in [0.2, 0.25) is 0 Å². The van der Waals surface area contributed by atoms with E-state index < -0.39 is 0 Å². The van der Waals surface area contributed by atoms with Gasteiger partial charge in [-0.1, -0.05) is 25.6 Å². The normalized spacial score (nSPS) is 11.4. The van der Waals surface area contributed by atoms with Gasteiger partial charge in [0.25, 0.3) is 0 Å². The van der Waals surface area contributed by atoms with Gasteiger partial charge in [0.1, 0.15) is 17.9 Å². The number of alkyl halides is 1. The monoisotopic (exact) mass is 417 g/mol. The van der Waals surface area contributed by atoms with Gasteiger partial charge in [0.15, 0.2) is 0 Å². The molecule has 0 bridgehead atoms. The largest absolute Gasteiger partial charge is 0.493 e. The molecule has 1 N–H and O–H groups in total. The van der Waals surface area contributed by atoms with Gasteiger partial charge >= 0.3 is 5.97 Å². The quantitative estimate of drug-likeness (QED) is 0.438. The van der Waals surface area contributed by atoms with Crippen molar-refractivity contribution >= 4 is 40.0 Å². The van der Waals surface area contributed by atoms with Crippen molar-refractivity contribution in [2.24, 2.45) is 5.41 Å². The SMILES string of the molecule is CC(C)(C)CC(=O)On1cc(Nc2ncnc3cc(OCCCCl)ccc23)cn1. The molecule has 0 aliphatic rings. The third kappa shape index (κ3) is 6.05. The molecule has 0 aliphatic carbocycles. The molecule has 29 heavy (non-hydrogen) atoms. The van der Waals surface area contributed by atoms with Crippen molar-refractivity contribution in [3.63, 3.8) is 0 Å². The molecule has 0 radical (unpaired) electrons. The number of hydrogen-bond acceptors (Lipinski definition) is 7. The molecule has 3 rings (SSSR count). The van der Waals surface area contributed by atoms with E-state index in [1.807, 2.05) is 39.0 Å². The molecule has 0 saturated heterocycles. The van der Waals surface area contributed by atoms with Crippen LogP contribution in [0.1, 0.15) is 33.6 Å². The number of ether oxygens (including phenoxy) is 1. The number of nitrogens with one attached hydrogen (secondary N) is 1. The Balaban J connectivity index is 1.70. The Morgan fingerprint density at radius 1 is 1.28 bits per heavy atom. The Morgan fingerprint density at radius 3 is 2.86 bits per heavy atom. The summed E-state index contributed by atoms with van der Waals surface area (Å²) in [4.78, 5) is 26.9. The van der Waals surface area contributed by atoms with E-state index in [9.17, 15) is 4.79 Å². The first-order valence-corrected chi connectivity index (χ1v) is 9.84. The molecule has 154 valence electrons. The highest BCUT2D eigenvalue weighted by Gasteiger charge is 2.18. The lowest BCUT2D eigenvalue weighted by atomic mass is 9.93. The third-order valence-corrected chi connectivity index (χ3v) is 4.11. The van der Waals surface area contributed by atoms with Crippen LogP contribution in [0.3, 0.4) is 0 Å². The third-order valence-electron chi connectivity index (χ3n) is 3.85. The van der Waals surface area contributed by atoms with Gasteiger partial charge in [0.05, 0.1) is 36.6 Å². The maximum absolute atomic E-state index is 12.0. The fourth-order valence-electron chi connectivity index (χ4n) is 2.60. The van der Waals surface area contributed by atoms with E-state index in [1.165, 1.54) is 6.33 Å². The van der Waals surface area contributed by atoms with Gasteiger partial charge in [-0.2, -0.15) is 0 Å². The van der Waals surface area contributed by atoms with E-state index in [0.29, 0.717) is 30.4 Å². The molecule has 0 unspecified atom stereocenters. The van der Waals surface area contributed by atoms with E-state index in [0.717, 1.165) is 27.9 Å². The second kappa shape index (κ2) is 9.09. The molecular weight excluding hydrogens is 394 g/mol. The molecule has 3 aromatic rings. The first kappa shape index (κ1) is 20.9. The minimum absolute atomic E-state index is 0.155. The Morgan fingerprint density at radius 2 is 2.10 bits per heavy atom. The summed E-state index contributed by atoms with van der Waals surface area (Å²) in [7, 11) is 0. The number of halogens is 1. The summed E-state index contributed by atoms with van der Waals surface area (Å²) in [5.74, 6) is 1.55. The summed E-state index contributed by atoms with van der Waals surface area (Å²) in [6.07, 6.45) is 5.68. The van der Waals surface area contributed by atoms with Crippen LogP contribution in [-0.2, 0) is 4.79 Å². The van der Waals surface area contributed by atoms with Crippen molar-refractivity contribution in [1.82, 2.24) is 19.9 Å². The highest BCUT2D eigenvalue weighted by Crippen LogP contribution is 2.26. The van der Waals surface area contributed by atoms with Gasteiger partial charge in [-0.25, -0.2) is 14.8 Å². The van der Waals surface area contributed by atoms with Gasteiger partial charge < -0.3 is 14.9 Å². The topological polar surface area (TPSA) is 91.2 Å². The fraction of sp³-hybridized carbons (Fsp3) is 0.400. The number of hydrogen-bond donors (Lipinski definition) is 1. The van der Waals surface area contributed by atoms with E-state index in [2.05, 4.69) is 20.4 Å². The smallest absolute Gasteiger partial charge is 0.335 e. The van der Waals surface area contributed by atoms with Crippen LogP contribution < -0.4 is 14.9 Å². The van der Waals surface area contributed by atoms with E-state index >= 15 is 0 Å². The summed E-state index contributed by atoms with van der Waals surface area (Å²) < 4.78 is 5.66. The Labute approximate surface area is 174 Å². The fourth-order valence-corrected chi connectivity index (χ4v) is 2.71. The number of anilines is 2. The zero-order valence-electron chi connectivity index (χ0n) is 16.7. The number of nitrogens with zero attached hydrogens (tertiary/aromatic N) is 4. The molecule has 2 heterocycles. The second-order valence-electron chi connectivity index (χ2n) is 7.75. The van der Waals surface area contributed by atoms with Gasteiger partial charge in [-0.05, 0) is 24.0 Å². The second-order valence-corrected chi connectivity index (χ2v) is 8.13. The highest BCUT2D eigenvalue weighted by molar-refractivity contribution is 6.17. The molecule has 0 saturated carbocycles. The van der Waals surface area contributed by atoms with Crippen molar-refractivity contribution in [1.29, 1.82) is 0 Å². The van der Waals surface area contributed by atoms with Crippen LogP contribution in [0.2, 0.25) is 0 Å². The Hall–Kier alpha value is -2.87. The number of fused-ring (bicyclic) bond motifs is 1. The van der Waals surface area contributed by atoms with Crippen LogP contribution in [0.15, 0.2) is 36.9 Å². The minimum atomic E-state index is -0.346. The van der Waals surface area contributed by atoms with Crippen LogP contribution in [0.4, 0.5) is 11.5 Å². The predicted octanol–water partition coefficient (Wildman–Crippen LogP) is 3.97. The number of benzene rings is 1. The molecule has 2 aromatic heterocycles.